The number of ether oxygens (including phenoxy) is 2. The van der Waals surface area contributed by atoms with E-state index < -0.39 is 22.9 Å². The molecule has 4 nitrogen and oxygen atoms in total. The molecule has 0 fully saturated rings. The first kappa shape index (κ1) is 21.4. The molecule has 0 unspecified atom stereocenters. The fraction of sp³-hybridized carbons (Fsp3) is 0.308. The van der Waals surface area contributed by atoms with Gasteiger partial charge in [-0.1, -0.05) is 60.7 Å². The minimum atomic E-state index is -1.47. The first-order chi connectivity index (χ1) is 14.2. The Morgan fingerprint density at radius 2 is 1.50 bits per heavy atom. The fourth-order valence-electron chi connectivity index (χ4n) is 3.81. The molecule has 0 saturated heterocycles. The predicted molar refractivity (Wildman–Crippen MR) is 118 cm³/mol. The topological polar surface area (TPSA) is 59.3 Å². The summed E-state index contributed by atoms with van der Waals surface area (Å²) in [7, 11) is 1.59. The number of hydrogen-bond donors (Lipinski definition) is 0. The van der Waals surface area contributed by atoms with E-state index in [1.807, 2.05) is 66.7 Å². The second kappa shape index (κ2) is 8.20. The molecule has 0 saturated carbocycles. The van der Waals surface area contributed by atoms with Crippen molar-refractivity contribution in [3.05, 3.63) is 77.9 Å². The Labute approximate surface area is 178 Å². The lowest BCUT2D eigenvalue weighted by Crippen LogP contribution is -2.39. The summed E-state index contributed by atoms with van der Waals surface area (Å²) < 4.78 is 11.3. The summed E-state index contributed by atoms with van der Waals surface area (Å²) in [4.78, 5) is 13.3. The molecule has 2 atom stereocenters. The summed E-state index contributed by atoms with van der Waals surface area (Å²) in [5.41, 5.74) is -0.524. The molecule has 3 aromatic rings. The third kappa shape index (κ3) is 4.02. The van der Waals surface area contributed by atoms with Crippen LogP contribution in [0.2, 0.25) is 0 Å². The number of para-hydroxylation sites is 1. The highest BCUT2D eigenvalue weighted by Gasteiger charge is 2.47. The lowest BCUT2D eigenvalue weighted by atomic mass is 9.69. The smallest absolute Gasteiger partial charge is 0.327 e. The van der Waals surface area contributed by atoms with Crippen molar-refractivity contribution < 1.29 is 14.3 Å². The number of benzene rings is 3. The van der Waals surface area contributed by atoms with Crippen LogP contribution >= 0.6 is 0 Å². The first-order valence-electron chi connectivity index (χ1n) is 9.96. The van der Waals surface area contributed by atoms with E-state index in [4.69, 9.17) is 9.47 Å². The summed E-state index contributed by atoms with van der Waals surface area (Å²) >= 11 is 0. The van der Waals surface area contributed by atoms with E-state index in [9.17, 15) is 10.1 Å². The van der Waals surface area contributed by atoms with Crippen molar-refractivity contribution in [3.8, 4) is 11.8 Å². The molecule has 0 aromatic heterocycles. The maximum atomic E-state index is 13.3. The summed E-state index contributed by atoms with van der Waals surface area (Å²) in [6.07, 6.45) is 0. The van der Waals surface area contributed by atoms with Crippen LogP contribution < -0.4 is 4.74 Å². The van der Waals surface area contributed by atoms with Crippen LogP contribution in [0.4, 0.5) is 0 Å². The number of hydrogen-bond acceptors (Lipinski definition) is 4. The maximum Gasteiger partial charge on any atom is 0.327 e. The molecule has 0 amide bonds. The van der Waals surface area contributed by atoms with Gasteiger partial charge in [-0.05, 0) is 50.1 Å². The Balaban J connectivity index is 2.33. The second-order valence-corrected chi connectivity index (χ2v) is 8.56. The van der Waals surface area contributed by atoms with Crippen LogP contribution in [0.15, 0.2) is 66.7 Å². The Hall–Kier alpha value is -3.32. The molecule has 0 aliphatic carbocycles. The minimum Gasteiger partial charge on any atom is -0.496 e. The number of nitriles is 1. The summed E-state index contributed by atoms with van der Waals surface area (Å²) in [5.74, 6) is -0.513. The number of rotatable bonds is 5. The maximum absolute atomic E-state index is 13.3. The average Bonchev–Trinajstić information content (AvgIpc) is 2.73. The Bertz CT molecular complexity index is 1100. The van der Waals surface area contributed by atoms with E-state index in [0.29, 0.717) is 5.75 Å². The number of fused-ring (bicyclic) bond motifs is 1. The highest BCUT2D eigenvalue weighted by Crippen LogP contribution is 2.47. The third-order valence-corrected chi connectivity index (χ3v) is 5.22. The molecule has 0 N–H and O–H groups in total. The van der Waals surface area contributed by atoms with Crippen molar-refractivity contribution in [2.75, 3.05) is 7.11 Å². The monoisotopic (exact) mass is 401 g/mol. The van der Waals surface area contributed by atoms with Crippen LogP contribution in [0.1, 0.15) is 44.7 Å². The van der Waals surface area contributed by atoms with Gasteiger partial charge in [0, 0.05) is 11.5 Å². The Kier molecular flexibility index (Phi) is 5.85. The van der Waals surface area contributed by atoms with Gasteiger partial charge in [0.15, 0.2) is 5.41 Å². The van der Waals surface area contributed by atoms with Crippen molar-refractivity contribution in [1.29, 1.82) is 5.26 Å². The molecule has 0 radical (unpaired) electrons. The molecular formula is C26H27NO3. The van der Waals surface area contributed by atoms with Gasteiger partial charge in [0.1, 0.15) is 11.4 Å². The fourth-order valence-corrected chi connectivity index (χ4v) is 3.81. The number of nitrogens with zero attached hydrogens (tertiary/aromatic N) is 1. The molecule has 4 heteroatoms. The van der Waals surface area contributed by atoms with Crippen LogP contribution in [-0.4, -0.2) is 18.7 Å². The number of carbonyl (C=O) groups excluding carboxylic acids is 1. The van der Waals surface area contributed by atoms with E-state index in [0.717, 1.165) is 21.9 Å². The number of carbonyl (C=O) groups is 1. The van der Waals surface area contributed by atoms with Gasteiger partial charge in [-0.15, -0.1) is 0 Å². The summed E-state index contributed by atoms with van der Waals surface area (Å²) in [6.45, 7) is 7.07. The van der Waals surface area contributed by atoms with E-state index in [-0.39, 0.29) is 0 Å². The molecular weight excluding hydrogens is 374 g/mol. The van der Waals surface area contributed by atoms with Gasteiger partial charge < -0.3 is 9.47 Å². The normalized spacial score (nSPS) is 14.4. The molecule has 3 aromatic carbocycles. The van der Waals surface area contributed by atoms with E-state index in [2.05, 4.69) is 6.07 Å². The number of esters is 1. The predicted octanol–water partition coefficient (Wildman–Crippen LogP) is 5.85. The van der Waals surface area contributed by atoms with Gasteiger partial charge in [-0.3, -0.25) is 4.79 Å². The van der Waals surface area contributed by atoms with E-state index in [1.165, 1.54) is 0 Å². The van der Waals surface area contributed by atoms with Gasteiger partial charge in [-0.25, -0.2) is 0 Å². The van der Waals surface area contributed by atoms with Crippen molar-refractivity contribution in [2.24, 2.45) is 5.41 Å². The molecule has 0 bridgehead atoms. The van der Waals surface area contributed by atoms with Crippen LogP contribution in [0.3, 0.4) is 0 Å². The van der Waals surface area contributed by atoms with Crippen molar-refractivity contribution in [1.82, 2.24) is 0 Å². The lowest BCUT2D eigenvalue weighted by molar-refractivity contribution is -0.164. The van der Waals surface area contributed by atoms with Crippen LogP contribution in [-0.2, 0) is 9.53 Å². The Morgan fingerprint density at radius 1 is 0.900 bits per heavy atom. The zero-order chi connectivity index (χ0) is 21.9. The standard InChI is InChI=1S/C26H27NO3/c1-25(2,3)30-24(28)26(4,17-27)23(21-14-8-9-16-22(21)29-5)20-15-10-12-18-11-6-7-13-19(18)20/h6-16,23H,1-5H3/t23-,26+/m1/s1. The zero-order valence-corrected chi connectivity index (χ0v) is 18.1. The van der Waals surface area contributed by atoms with Crippen molar-refractivity contribution >= 4 is 16.7 Å². The van der Waals surface area contributed by atoms with E-state index >= 15 is 0 Å². The second-order valence-electron chi connectivity index (χ2n) is 8.56. The van der Waals surface area contributed by atoms with Crippen molar-refractivity contribution in [2.45, 2.75) is 39.2 Å². The molecule has 0 aliphatic rings. The van der Waals surface area contributed by atoms with E-state index in [1.54, 1.807) is 34.8 Å². The molecule has 30 heavy (non-hydrogen) atoms. The molecule has 0 heterocycles. The Morgan fingerprint density at radius 3 is 2.17 bits per heavy atom. The molecule has 0 spiro atoms. The van der Waals surface area contributed by atoms with Gasteiger partial charge >= 0.3 is 5.97 Å². The van der Waals surface area contributed by atoms with Gasteiger partial charge in [-0.2, -0.15) is 5.26 Å². The minimum absolute atomic E-state index is 0.554. The summed E-state index contributed by atoms with van der Waals surface area (Å²) in [6, 6.07) is 23.7. The molecule has 3 rings (SSSR count). The highest BCUT2D eigenvalue weighted by atomic mass is 16.6. The number of methoxy groups -OCH3 is 1. The van der Waals surface area contributed by atoms with Gasteiger partial charge in [0.2, 0.25) is 0 Å². The zero-order valence-electron chi connectivity index (χ0n) is 18.1. The molecule has 0 aliphatic heterocycles. The quantitative estimate of drug-likeness (QED) is 0.503. The lowest BCUT2D eigenvalue weighted by Gasteiger charge is -2.34. The van der Waals surface area contributed by atoms with Crippen LogP contribution in [0.25, 0.3) is 10.8 Å². The summed E-state index contributed by atoms with van der Waals surface area (Å²) in [5, 5.41) is 12.3. The van der Waals surface area contributed by atoms with Crippen LogP contribution in [0.5, 0.6) is 5.75 Å². The van der Waals surface area contributed by atoms with Crippen LogP contribution in [0, 0.1) is 16.7 Å². The largest absolute Gasteiger partial charge is 0.496 e. The third-order valence-electron chi connectivity index (χ3n) is 5.22. The highest BCUT2D eigenvalue weighted by molar-refractivity contribution is 5.89. The first-order valence-corrected chi connectivity index (χ1v) is 9.96. The van der Waals surface area contributed by atoms with Gasteiger partial charge in [0.05, 0.1) is 13.2 Å². The average molecular weight is 402 g/mol. The van der Waals surface area contributed by atoms with Gasteiger partial charge in [0.25, 0.3) is 0 Å². The molecule has 154 valence electrons. The van der Waals surface area contributed by atoms with Crippen molar-refractivity contribution in [3.63, 3.8) is 0 Å². The SMILES string of the molecule is COc1ccccc1[C@@H](c1cccc2ccccc12)[C@](C)(C#N)C(=O)OC(C)(C)C.